The van der Waals surface area contributed by atoms with Crippen LogP contribution in [-0.4, -0.2) is 17.5 Å². The summed E-state index contributed by atoms with van der Waals surface area (Å²) in [5.41, 5.74) is -0.494. The second kappa shape index (κ2) is 4.62. The molecular weight excluding hydrogens is 214 g/mol. The molecule has 3 nitrogen and oxygen atoms in total. The zero-order chi connectivity index (χ0) is 13.3. The number of carbonyl (C=O) groups excluding carboxylic acids is 1. The van der Waals surface area contributed by atoms with Gasteiger partial charge >= 0.3 is 0 Å². The fourth-order valence-electron chi connectivity index (χ4n) is 3.08. The first-order valence-electron chi connectivity index (χ1n) is 6.12. The predicted molar refractivity (Wildman–Crippen MR) is 66.1 cm³/mol. The van der Waals surface area contributed by atoms with Crippen molar-refractivity contribution in [2.75, 3.05) is 6.61 Å². The van der Waals surface area contributed by atoms with Gasteiger partial charge in [0, 0.05) is 12.0 Å². The molecule has 0 bridgehead atoms. The van der Waals surface area contributed by atoms with Crippen molar-refractivity contribution in [1.82, 2.24) is 0 Å². The maximum absolute atomic E-state index is 12.2. The molecule has 1 aliphatic rings. The highest BCUT2D eigenvalue weighted by molar-refractivity contribution is 6.04. The Bertz CT molecular complexity index is 390. The SMILES string of the molecule is CCC1(C)C=C(C#N)C(=O)C(C)(C)C1CCO. The van der Waals surface area contributed by atoms with E-state index in [2.05, 4.69) is 13.8 Å². The van der Waals surface area contributed by atoms with Crippen LogP contribution in [0.1, 0.15) is 40.5 Å². The summed E-state index contributed by atoms with van der Waals surface area (Å²) < 4.78 is 0. The Morgan fingerprint density at radius 2 is 2.06 bits per heavy atom. The number of aliphatic hydroxyl groups is 1. The first kappa shape index (κ1) is 13.9. The molecule has 1 rings (SSSR count). The highest BCUT2D eigenvalue weighted by Gasteiger charge is 2.49. The van der Waals surface area contributed by atoms with Crippen molar-refractivity contribution in [3.05, 3.63) is 11.6 Å². The Morgan fingerprint density at radius 1 is 1.47 bits per heavy atom. The summed E-state index contributed by atoms with van der Waals surface area (Å²) in [7, 11) is 0. The van der Waals surface area contributed by atoms with E-state index >= 15 is 0 Å². The highest BCUT2D eigenvalue weighted by Crippen LogP contribution is 2.51. The van der Waals surface area contributed by atoms with E-state index in [0.717, 1.165) is 6.42 Å². The maximum atomic E-state index is 12.2. The molecule has 94 valence electrons. The molecule has 0 aromatic heterocycles. The number of aliphatic hydroxyl groups excluding tert-OH is 1. The average molecular weight is 235 g/mol. The van der Waals surface area contributed by atoms with Crippen LogP contribution in [0.5, 0.6) is 0 Å². The van der Waals surface area contributed by atoms with Crippen LogP contribution in [0.4, 0.5) is 0 Å². The molecule has 0 aliphatic heterocycles. The summed E-state index contributed by atoms with van der Waals surface area (Å²) >= 11 is 0. The molecule has 2 unspecified atom stereocenters. The number of nitriles is 1. The second-order valence-electron chi connectivity index (χ2n) is 5.64. The lowest BCUT2D eigenvalue weighted by Crippen LogP contribution is -2.46. The Hall–Kier alpha value is -1.14. The van der Waals surface area contributed by atoms with Crippen molar-refractivity contribution < 1.29 is 9.90 Å². The van der Waals surface area contributed by atoms with E-state index in [0.29, 0.717) is 6.42 Å². The lowest BCUT2D eigenvalue weighted by Gasteiger charge is -2.47. The summed E-state index contributed by atoms with van der Waals surface area (Å²) in [6.45, 7) is 7.97. The third-order valence-electron chi connectivity index (χ3n) is 4.27. The highest BCUT2D eigenvalue weighted by atomic mass is 16.3. The van der Waals surface area contributed by atoms with E-state index < -0.39 is 5.41 Å². The third kappa shape index (κ3) is 2.14. The van der Waals surface area contributed by atoms with Gasteiger partial charge in [0.25, 0.3) is 0 Å². The quantitative estimate of drug-likeness (QED) is 0.817. The topological polar surface area (TPSA) is 61.1 Å². The van der Waals surface area contributed by atoms with E-state index in [9.17, 15) is 9.90 Å². The van der Waals surface area contributed by atoms with E-state index in [1.54, 1.807) is 6.08 Å². The van der Waals surface area contributed by atoms with E-state index in [4.69, 9.17) is 5.26 Å². The number of allylic oxidation sites excluding steroid dienone is 2. The Morgan fingerprint density at radius 3 is 2.47 bits per heavy atom. The van der Waals surface area contributed by atoms with Crippen molar-refractivity contribution in [1.29, 1.82) is 5.26 Å². The fourth-order valence-corrected chi connectivity index (χ4v) is 3.08. The largest absolute Gasteiger partial charge is 0.396 e. The van der Waals surface area contributed by atoms with Crippen LogP contribution < -0.4 is 0 Å². The summed E-state index contributed by atoms with van der Waals surface area (Å²) in [5.74, 6) is -0.0148. The lowest BCUT2D eigenvalue weighted by molar-refractivity contribution is -0.130. The van der Waals surface area contributed by atoms with Gasteiger partial charge in [0.15, 0.2) is 5.78 Å². The van der Waals surface area contributed by atoms with Gasteiger partial charge in [-0.15, -0.1) is 0 Å². The number of carbonyl (C=O) groups is 1. The predicted octanol–water partition coefficient (Wildman–Crippen LogP) is 2.46. The molecule has 0 saturated heterocycles. The van der Waals surface area contributed by atoms with Crippen LogP contribution in [0.3, 0.4) is 0 Å². The number of nitrogens with zero attached hydrogens (tertiary/aromatic N) is 1. The van der Waals surface area contributed by atoms with Crippen molar-refractivity contribution in [2.45, 2.75) is 40.5 Å². The van der Waals surface area contributed by atoms with Gasteiger partial charge < -0.3 is 5.11 Å². The van der Waals surface area contributed by atoms with Gasteiger partial charge in [0.1, 0.15) is 6.07 Å². The fraction of sp³-hybridized carbons (Fsp3) is 0.714. The molecule has 0 spiro atoms. The number of ketones is 1. The van der Waals surface area contributed by atoms with Gasteiger partial charge in [-0.25, -0.2) is 0 Å². The smallest absolute Gasteiger partial charge is 0.178 e. The molecule has 0 fully saturated rings. The lowest BCUT2D eigenvalue weighted by atomic mass is 9.55. The molecular formula is C14H21NO2. The average Bonchev–Trinajstić information content (AvgIpc) is 2.30. The van der Waals surface area contributed by atoms with Gasteiger partial charge in [-0.2, -0.15) is 5.26 Å². The monoisotopic (exact) mass is 235 g/mol. The van der Waals surface area contributed by atoms with Crippen molar-refractivity contribution >= 4 is 5.78 Å². The molecule has 1 aliphatic carbocycles. The molecule has 0 amide bonds. The number of hydrogen-bond acceptors (Lipinski definition) is 3. The second-order valence-corrected chi connectivity index (χ2v) is 5.64. The van der Waals surface area contributed by atoms with Crippen molar-refractivity contribution in [3.8, 4) is 6.07 Å². The normalized spacial score (nSPS) is 31.9. The molecule has 0 heterocycles. The number of Topliss-reactive ketones (excluding diaryl/α,β-unsaturated/α-hetero) is 1. The molecule has 0 radical (unpaired) electrons. The van der Waals surface area contributed by atoms with Gasteiger partial charge in [-0.3, -0.25) is 4.79 Å². The first-order valence-corrected chi connectivity index (χ1v) is 6.12. The Balaban J connectivity index is 3.34. The minimum Gasteiger partial charge on any atom is -0.396 e. The molecule has 0 aromatic rings. The van der Waals surface area contributed by atoms with Gasteiger partial charge in [-0.05, 0) is 24.2 Å². The molecule has 2 atom stereocenters. The number of rotatable bonds is 3. The molecule has 1 N–H and O–H groups in total. The Kier molecular flexibility index (Phi) is 3.78. The van der Waals surface area contributed by atoms with E-state index in [1.165, 1.54) is 0 Å². The number of hydrogen-bond donors (Lipinski definition) is 1. The maximum Gasteiger partial charge on any atom is 0.178 e. The van der Waals surface area contributed by atoms with Crippen LogP contribution in [0.25, 0.3) is 0 Å². The van der Waals surface area contributed by atoms with Crippen LogP contribution in [0.2, 0.25) is 0 Å². The first-order chi connectivity index (χ1) is 7.83. The standard InChI is InChI=1S/C14H21NO2/c1-5-14(4)8-10(9-15)12(17)13(2,3)11(14)6-7-16/h8,11,16H,5-7H2,1-4H3. The summed E-state index contributed by atoms with van der Waals surface area (Å²) in [6, 6.07) is 2.01. The summed E-state index contributed by atoms with van der Waals surface area (Å²) in [4.78, 5) is 12.2. The van der Waals surface area contributed by atoms with Crippen molar-refractivity contribution in [2.24, 2.45) is 16.7 Å². The zero-order valence-electron chi connectivity index (χ0n) is 11.1. The van der Waals surface area contributed by atoms with Crippen LogP contribution in [0.15, 0.2) is 11.6 Å². The summed E-state index contributed by atoms with van der Waals surface area (Å²) in [5, 5.41) is 18.2. The van der Waals surface area contributed by atoms with Crippen molar-refractivity contribution in [3.63, 3.8) is 0 Å². The van der Waals surface area contributed by atoms with Gasteiger partial charge in [-0.1, -0.05) is 33.8 Å². The zero-order valence-corrected chi connectivity index (χ0v) is 11.1. The van der Waals surface area contributed by atoms with Crippen LogP contribution in [-0.2, 0) is 4.79 Å². The minimum atomic E-state index is -0.576. The van der Waals surface area contributed by atoms with Crippen LogP contribution in [0, 0.1) is 28.1 Å². The summed E-state index contributed by atoms with van der Waals surface area (Å²) in [6.07, 6.45) is 3.26. The van der Waals surface area contributed by atoms with E-state index in [1.807, 2.05) is 19.9 Å². The molecule has 0 saturated carbocycles. The Labute approximate surface area is 103 Å². The molecule has 3 heteroatoms. The van der Waals surface area contributed by atoms with Gasteiger partial charge in [0.2, 0.25) is 0 Å². The third-order valence-corrected chi connectivity index (χ3v) is 4.27. The van der Waals surface area contributed by atoms with Crippen LogP contribution >= 0.6 is 0 Å². The van der Waals surface area contributed by atoms with E-state index in [-0.39, 0.29) is 29.3 Å². The molecule has 0 aromatic carbocycles. The molecule has 17 heavy (non-hydrogen) atoms. The van der Waals surface area contributed by atoms with Gasteiger partial charge in [0.05, 0.1) is 5.57 Å². The minimum absolute atomic E-state index is 0.0761.